The average molecular weight is 227 g/mol. The van der Waals surface area contributed by atoms with Gasteiger partial charge in [0.25, 0.3) is 0 Å². The van der Waals surface area contributed by atoms with Gasteiger partial charge in [-0.1, -0.05) is 6.07 Å². The zero-order valence-electron chi connectivity index (χ0n) is 9.10. The van der Waals surface area contributed by atoms with Gasteiger partial charge in [-0.2, -0.15) is 0 Å². The molecule has 0 aliphatic carbocycles. The first-order valence-corrected chi connectivity index (χ1v) is 6.23. The van der Waals surface area contributed by atoms with E-state index in [0.29, 0.717) is 5.75 Å². The summed E-state index contributed by atoms with van der Waals surface area (Å²) < 4.78 is 16.9. The molecule has 4 heteroatoms. The van der Waals surface area contributed by atoms with E-state index in [4.69, 9.17) is 10.5 Å². The average Bonchev–Trinajstić information content (AvgIpc) is 2.26. The summed E-state index contributed by atoms with van der Waals surface area (Å²) in [4.78, 5) is 0.801. The smallest absolute Gasteiger partial charge is 0.120 e. The van der Waals surface area contributed by atoms with Gasteiger partial charge in [0.15, 0.2) is 0 Å². The molecule has 1 rings (SSSR count). The predicted octanol–water partition coefficient (Wildman–Crippen LogP) is 1.54. The van der Waals surface area contributed by atoms with Crippen molar-refractivity contribution in [1.29, 1.82) is 0 Å². The Balaban J connectivity index is 2.65. The van der Waals surface area contributed by atoms with Gasteiger partial charge in [0.1, 0.15) is 5.75 Å². The van der Waals surface area contributed by atoms with E-state index in [-0.39, 0.29) is 6.04 Å². The van der Waals surface area contributed by atoms with Gasteiger partial charge in [-0.15, -0.1) is 0 Å². The standard InChI is InChI=1S/C11H17NO2S/c1-9(12)6-7-15(13)11-5-3-4-10(8-11)14-2/h3-5,8-9H,6-7,12H2,1-2H3. The molecule has 3 nitrogen and oxygen atoms in total. The maximum absolute atomic E-state index is 11.8. The Morgan fingerprint density at radius 3 is 2.87 bits per heavy atom. The highest BCUT2D eigenvalue weighted by molar-refractivity contribution is 7.85. The van der Waals surface area contributed by atoms with E-state index in [0.717, 1.165) is 17.1 Å². The van der Waals surface area contributed by atoms with E-state index in [1.807, 2.05) is 25.1 Å². The minimum atomic E-state index is -0.976. The predicted molar refractivity (Wildman–Crippen MR) is 62.5 cm³/mol. The fourth-order valence-electron chi connectivity index (χ4n) is 1.15. The van der Waals surface area contributed by atoms with E-state index in [9.17, 15) is 4.21 Å². The van der Waals surface area contributed by atoms with Crippen molar-refractivity contribution < 1.29 is 8.95 Å². The lowest BCUT2D eigenvalue weighted by Gasteiger charge is -2.06. The van der Waals surface area contributed by atoms with Gasteiger partial charge in [-0.25, -0.2) is 0 Å². The third-order valence-corrected chi connectivity index (χ3v) is 3.45. The van der Waals surface area contributed by atoms with Gasteiger partial charge in [-0.3, -0.25) is 4.21 Å². The van der Waals surface area contributed by atoms with Crippen molar-refractivity contribution in [3.8, 4) is 5.75 Å². The second kappa shape index (κ2) is 5.88. The molecule has 1 aromatic carbocycles. The molecule has 0 saturated carbocycles. The molecule has 0 amide bonds. The summed E-state index contributed by atoms with van der Waals surface area (Å²) in [5, 5.41) is 0. The number of hydrogen-bond donors (Lipinski definition) is 1. The zero-order valence-corrected chi connectivity index (χ0v) is 9.92. The topological polar surface area (TPSA) is 52.3 Å². The molecule has 0 heterocycles. The summed E-state index contributed by atoms with van der Waals surface area (Å²) >= 11 is 0. The fourth-order valence-corrected chi connectivity index (χ4v) is 2.45. The van der Waals surface area contributed by atoms with Crippen LogP contribution in [0.4, 0.5) is 0 Å². The SMILES string of the molecule is COc1cccc(S(=O)CCC(C)N)c1. The van der Waals surface area contributed by atoms with Gasteiger partial charge < -0.3 is 10.5 Å². The molecule has 0 fully saturated rings. The number of benzene rings is 1. The molecule has 1 aromatic rings. The van der Waals surface area contributed by atoms with Gasteiger partial charge in [0.05, 0.1) is 17.9 Å². The van der Waals surface area contributed by atoms with Gasteiger partial charge in [0.2, 0.25) is 0 Å². The Bertz CT molecular complexity index is 339. The van der Waals surface area contributed by atoms with Crippen molar-refractivity contribution in [2.75, 3.05) is 12.9 Å². The van der Waals surface area contributed by atoms with Crippen LogP contribution in [-0.2, 0) is 10.8 Å². The highest BCUT2D eigenvalue weighted by atomic mass is 32.2. The number of hydrogen-bond acceptors (Lipinski definition) is 3. The highest BCUT2D eigenvalue weighted by Crippen LogP contribution is 2.16. The molecule has 15 heavy (non-hydrogen) atoms. The summed E-state index contributed by atoms with van der Waals surface area (Å²) in [6.45, 7) is 1.92. The fraction of sp³-hybridized carbons (Fsp3) is 0.455. The molecule has 84 valence electrons. The largest absolute Gasteiger partial charge is 0.497 e. The summed E-state index contributed by atoms with van der Waals surface area (Å²) in [7, 11) is 0.625. The molecule has 0 bridgehead atoms. The molecule has 2 unspecified atom stereocenters. The van der Waals surface area contributed by atoms with Crippen molar-refractivity contribution in [1.82, 2.24) is 0 Å². The van der Waals surface area contributed by atoms with E-state index in [2.05, 4.69) is 0 Å². The van der Waals surface area contributed by atoms with Gasteiger partial charge >= 0.3 is 0 Å². The van der Waals surface area contributed by atoms with E-state index < -0.39 is 10.8 Å². The molecule has 0 saturated heterocycles. The Kier molecular flexibility index (Phi) is 4.78. The monoisotopic (exact) mass is 227 g/mol. The third-order valence-electron chi connectivity index (χ3n) is 2.06. The Hall–Kier alpha value is -0.870. The maximum Gasteiger partial charge on any atom is 0.120 e. The van der Waals surface area contributed by atoms with Crippen molar-refractivity contribution in [2.45, 2.75) is 24.3 Å². The van der Waals surface area contributed by atoms with Crippen LogP contribution in [0.15, 0.2) is 29.2 Å². The summed E-state index contributed by atoms with van der Waals surface area (Å²) in [6.07, 6.45) is 0.768. The van der Waals surface area contributed by atoms with Crippen LogP contribution >= 0.6 is 0 Å². The van der Waals surface area contributed by atoms with Crippen LogP contribution in [0, 0.1) is 0 Å². The molecule has 2 N–H and O–H groups in total. The normalized spacial score (nSPS) is 14.6. The van der Waals surface area contributed by atoms with Crippen LogP contribution in [0.3, 0.4) is 0 Å². The Labute approximate surface area is 93.1 Å². The molecule has 0 aromatic heterocycles. The van der Waals surface area contributed by atoms with Crippen molar-refractivity contribution >= 4 is 10.8 Å². The minimum Gasteiger partial charge on any atom is -0.497 e. The molecule has 0 aliphatic heterocycles. The molecule has 0 radical (unpaired) electrons. The van der Waals surface area contributed by atoms with Gasteiger partial charge in [-0.05, 0) is 31.5 Å². The second-order valence-corrected chi connectivity index (χ2v) is 5.07. The van der Waals surface area contributed by atoms with Gasteiger partial charge in [0, 0.05) is 16.7 Å². The maximum atomic E-state index is 11.8. The number of nitrogens with two attached hydrogens (primary N) is 1. The minimum absolute atomic E-state index is 0.0968. The lowest BCUT2D eigenvalue weighted by atomic mass is 10.3. The lowest BCUT2D eigenvalue weighted by molar-refractivity contribution is 0.413. The molecule has 2 atom stereocenters. The molecule has 0 spiro atoms. The van der Waals surface area contributed by atoms with Crippen LogP contribution in [0.2, 0.25) is 0 Å². The van der Waals surface area contributed by atoms with Crippen LogP contribution < -0.4 is 10.5 Å². The Morgan fingerprint density at radius 2 is 2.27 bits per heavy atom. The second-order valence-electron chi connectivity index (χ2n) is 3.49. The van der Waals surface area contributed by atoms with Crippen LogP contribution in [0.25, 0.3) is 0 Å². The van der Waals surface area contributed by atoms with Crippen molar-refractivity contribution in [3.63, 3.8) is 0 Å². The Morgan fingerprint density at radius 1 is 1.53 bits per heavy atom. The van der Waals surface area contributed by atoms with E-state index in [1.165, 1.54) is 0 Å². The first kappa shape index (κ1) is 12.2. The van der Waals surface area contributed by atoms with E-state index in [1.54, 1.807) is 13.2 Å². The van der Waals surface area contributed by atoms with Crippen molar-refractivity contribution in [3.05, 3.63) is 24.3 Å². The molecular weight excluding hydrogens is 210 g/mol. The summed E-state index contributed by atoms with van der Waals surface area (Å²) in [5.41, 5.74) is 5.62. The van der Waals surface area contributed by atoms with Crippen LogP contribution in [0.5, 0.6) is 5.75 Å². The molecule has 0 aliphatic rings. The first-order chi connectivity index (χ1) is 7.13. The summed E-state index contributed by atoms with van der Waals surface area (Å²) in [6, 6.07) is 7.43. The van der Waals surface area contributed by atoms with Crippen molar-refractivity contribution in [2.24, 2.45) is 5.73 Å². The van der Waals surface area contributed by atoms with Crippen LogP contribution in [-0.4, -0.2) is 23.1 Å². The number of rotatable bonds is 5. The lowest BCUT2D eigenvalue weighted by Crippen LogP contribution is -2.17. The zero-order chi connectivity index (χ0) is 11.3. The first-order valence-electron chi connectivity index (χ1n) is 4.91. The highest BCUT2D eigenvalue weighted by Gasteiger charge is 2.06. The molecular formula is C11H17NO2S. The van der Waals surface area contributed by atoms with E-state index >= 15 is 0 Å². The van der Waals surface area contributed by atoms with Crippen LogP contribution in [0.1, 0.15) is 13.3 Å². The number of ether oxygens (including phenoxy) is 1. The number of methoxy groups -OCH3 is 1. The third kappa shape index (κ3) is 4.01. The summed E-state index contributed by atoms with van der Waals surface area (Å²) in [5.74, 6) is 1.34. The quantitative estimate of drug-likeness (QED) is 0.830.